The summed E-state index contributed by atoms with van der Waals surface area (Å²) < 4.78 is 39.9. The minimum Gasteiger partial charge on any atom is -0.507 e. The number of fused-ring (bicyclic) bond motifs is 1. The second kappa shape index (κ2) is 14.4. The number of benzene rings is 2. The number of likely N-dealkylation sites (tertiary alicyclic amines) is 1. The Hall–Kier alpha value is -5.11. The number of halogens is 2. The predicted octanol–water partition coefficient (Wildman–Crippen LogP) is 5.55. The first-order chi connectivity index (χ1) is 25.6. The van der Waals surface area contributed by atoms with Gasteiger partial charge in [-0.05, 0) is 86.4 Å². The number of anilines is 2. The van der Waals surface area contributed by atoms with E-state index in [1.54, 1.807) is 36.5 Å². The molecule has 0 bridgehead atoms. The first-order valence-electron chi connectivity index (χ1n) is 18.6. The molecule has 2 aromatic carbocycles. The van der Waals surface area contributed by atoms with Crippen molar-refractivity contribution in [2.24, 2.45) is 0 Å². The molecule has 4 atom stereocenters. The van der Waals surface area contributed by atoms with Crippen LogP contribution in [-0.2, 0) is 9.59 Å². The van der Waals surface area contributed by atoms with Crippen LogP contribution in [0.5, 0.6) is 11.5 Å². The molecule has 2 amide bonds. The normalized spacial score (nSPS) is 25.1. The summed E-state index contributed by atoms with van der Waals surface area (Å²) in [5, 5.41) is 25.3. The van der Waals surface area contributed by atoms with Gasteiger partial charge in [-0.25, -0.2) is 13.5 Å². The molecule has 3 fully saturated rings. The standard InChI is InChI=1S/C39H44F2N8O4/c40-39(41)23-47(16-15-30(39)25-21-43-49(22-25)33-20-31(45-46-38(33)42)29-7-1-2-10-34(29)50)26-6-3-5-24(11-12-26)28-8-4-9-32-37(28)53-18-17-48(32)27-13-14-35(51)44-36(52)19-27/h1-2,4,7-10,20-22,24,26-27,30,50H,3,5-6,11-19,23H2,(H2,42,46)(H,44,51,52)/t24-,26-,27-,30-/m1/s1. The SMILES string of the molecule is Nc1nnc(-c2ccccc2O)cc1-n1cc([C@H]2CCN([C@@H]3CCC[C@@H](c4cccc5c4OCCN5[C@@H]4CCC(=O)NC(=O)C4)CC3)CC2(F)F)cn1. The van der Waals surface area contributed by atoms with E-state index in [9.17, 15) is 14.7 Å². The summed E-state index contributed by atoms with van der Waals surface area (Å²) in [5.41, 5.74) is 9.94. The molecule has 1 saturated carbocycles. The third-order valence-electron chi connectivity index (χ3n) is 11.5. The van der Waals surface area contributed by atoms with Crippen molar-refractivity contribution in [2.75, 3.05) is 36.9 Å². The molecule has 8 rings (SSSR count). The molecular weight excluding hydrogens is 682 g/mol. The Kier molecular flexibility index (Phi) is 9.48. The highest BCUT2D eigenvalue weighted by molar-refractivity contribution is 5.96. The number of phenols is 1. The number of nitrogens with zero attached hydrogens (tertiary/aromatic N) is 6. The van der Waals surface area contributed by atoms with Crippen LogP contribution in [-0.4, -0.2) is 86.0 Å². The van der Waals surface area contributed by atoms with E-state index in [2.05, 4.69) is 31.6 Å². The van der Waals surface area contributed by atoms with Gasteiger partial charge in [-0.15, -0.1) is 10.2 Å². The number of rotatable bonds is 6. The third kappa shape index (κ3) is 7.04. The average Bonchev–Trinajstić information content (AvgIpc) is 3.39. The minimum absolute atomic E-state index is 0.0389. The smallest absolute Gasteiger partial charge is 0.267 e. The van der Waals surface area contributed by atoms with Gasteiger partial charge in [0.1, 0.15) is 23.8 Å². The number of aromatic hydroxyl groups is 1. The number of nitrogens with one attached hydrogen (secondary N) is 1. The molecule has 5 heterocycles. The summed E-state index contributed by atoms with van der Waals surface area (Å²) in [7, 11) is 0. The molecule has 4 aliphatic rings. The van der Waals surface area contributed by atoms with Gasteiger partial charge >= 0.3 is 0 Å². The molecule has 1 aliphatic carbocycles. The fourth-order valence-electron chi connectivity index (χ4n) is 8.83. The van der Waals surface area contributed by atoms with Gasteiger partial charge in [0, 0.05) is 36.7 Å². The first kappa shape index (κ1) is 34.9. The van der Waals surface area contributed by atoms with E-state index in [0.717, 1.165) is 49.1 Å². The zero-order valence-electron chi connectivity index (χ0n) is 29.5. The van der Waals surface area contributed by atoms with E-state index in [1.165, 1.54) is 10.9 Å². The largest absolute Gasteiger partial charge is 0.507 e. The van der Waals surface area contributed by atoms with Crippen molar-refractivity contribution in [3.8, 4) is 28.4 Å². The maximum absolute atomic E-state index is 16.1. The van der Waals surface area contributed by atoms with Crippen LogP contribution in [0.1, 0.15) is 80.8 Å². The van der Waals surface area contributed by atoms with Crippen LogP contribution >= 0.6 is 0 Å². The number of carbonyl (C=O) groups excluding carboxylic acids is 2. The molecule has 278 valence electrons. The van der Waals surface area contributed by atoms with Crippen molar-refractivity contribution in [1.82, 2.24) is 30.2 Å². The quantitative estimate of drug-likeness (QED) is 0.170. The molecule has 12 nitrogen and oxygen atoms in total. The first-order valence-corrected chi connectivity index (χ1v) is 18.6. The second-order valence-corrected chi connectivity index (χ2v) is 14.8. The number of piperidine rings is 1. The molecule has 3 aliphatic heterocycles. The van der Waals surface area contributed by atoms with Crippen LogP contribution < -0.4 is 20.7 Å². The second-order valence-electron chi connectivity index (χ2n) is 14.8. The van der Waals surface area contributed by atoms with Crippen LogP contribution in [0.2, 0.25) is 0 Å². The summed E-state index contributed by atoms with van der Waals surface area (Å²) in [6.45, 7) is 1.40. The molecule has 0 radical (unpaired) electrons. The molecule has 53 heavy (non-hydrogen) atoms. The Morgan fingerprint density at radius 2 is 1.79 bits per heavy atom. The van der Waals surface area contributed by atoms with E-state index in [0.29, 0.717) is 61.5 Å². The maximum Gasteiger partial charge on any atom is 0.267 e. The van der Waals surface area contributed by atoms with E-state index < -0.39 is 11.8 Å². The molecule has 4 aromatic rings. The number of alkyl halides is 2. The number of hydrogen-bond donors (Lipinski definition) is 3. The highest BCUT2D eigenvalue weighted by atomic mass is 19.3. The van der Waals surface area contributed by atoms with E-state index in [1.807, 2.05) is 17.0 Å². The van der Waals surface area contributed by atoms with Crippen LogP contribution in [0.4, 0.5) is 20.3 Å². The van der Waals surface area contributed by atoms with Gasteiger partial charge in [0.05, 0.1) is 36.6 Å². The predicted molar refractivity (Wildman–Crippen MR) is 194 cm³/mol. The van der Waals surface area contributed by atoms with Gasteiger partial charge in [0.25, 0.3) is 5.92 Å². The topological polar surface area (TPSA) is 152 Å². The number of ether oxygens (including phenoxy) is 1. The Bertz CT molecular complexity index is 2010. The monoisotopic (exact) mass is 726 g/mol. The number of nitrogen functional groups attached to an aromatic ring is 1. The summed E-state index contributed by atoms with van der Waals surface area (Å²) in [5.74, 6) is -3.20. The number of amides is 2. The van der Waals surface area contributed by atoms with E-state index >= 15 is 8.78 Å². The van der Waals surface area contributed by atoms with Crippen molar-refractivity contribution < 1.29 is 28.2 Å². The molecule has 4 N–H and O–H groups in total. The molecule has 2 saturated heterocycles. The van der Waals surface area contributed by atoms with Crippen molar-refractivity contribution >= 4 is 23.3 Å². The van der Waals surface area contributed by atoms with Crippen molar-refractivity contribution in [3.05, 3.63) is 72.1 Å². The highest BCUT2D eigenvalue weighted by Crippen LogP contribution is 2.46. The summed E-state index contributed by atoms with van der Waals surface area (Å²) in [6, 6.07) is 14.6. The van der Waals surface area contributed by atoms with Crippen molar-refractivity contribution in [3.63, 3.8) is 0 Å². The summed E-state index contributed by atoms with van der Waals surface area (Å²) >= 11 is 0. The lowest BCUT2D eigenvalue weighted by atomic mass is 9.86. The lowest BCUT2D eigenvalue weighted by Gasteiger charge is -2.42. The van der Waals surface area contributed by atoms with Crippen LogP contribution in [0, 0.1) is 0 Å². The lowest BCUT2D eigenvalue weighted by molar-refractivity contribution is -0.129. The molecule has 0 spiro atoms. The van der Waals surface area contributed by atoms with Crippen LogP contribution in [0.3, 0.4) is 0 Å². The molecule has 0 unspecified atom stereocenters. The van der Waals surface area contributed by atoms with Gasteiger partial charge in [0.2, 0.25) is 11.8 Å². The number of phenolic OH excluding ortho intramolecular Hbond substituents is 1. The van der Waals surface area contributed by atoms with Gasteiger partial charge < -0.3 is 20.5 Å². The zero-order valence-corrected chi connectivity index (χ0v) is 29.5. The molecule has 2 aromatic heterocycles. The maximum atomic E-state index is 16.1. The van der Waals surface area contributed by atoms with Gasteiger partial charge in [-0.3, -0.25) is 19.8 Å². The van der Waals surface area contributed by atoms with E-state index in [4.69, 9.17) is 10.5 Å². The fraction of sp³-hybridized carbons (Fsp3) is 0.462. The van der Waals surface area contributed by atoms with Crippen LogP contribution in [0.15, 0.2) is 60.9 Å². The Morgan fingerprint density at radius 3 is 2.64 bits per heavy atom. The number of aromatic nitrogens is 4. The van der Waals surface area contributed by atoms with Gasteiger partial charge in [0.15, 0.2) is 5.82 Å². The Morgan fingerprint density at radius 1 is 0.925 bits per heavy atom. The lowest BCUT2D eigenvalue weighted by Crippen LogP contribution is -2.51. The van der Waals surface area contributed by atoms with Crippen molar-refractivity contribution in [1.29, 1.82) is 0 Å². The van der Waals surface area contributed by atoms with Crippen LogP contribution in [0.25, 0.3) is 16.9 Å². The zero-order chi connectivity index (χ0) is 36.7. The van der Waals surface area contributed by atoms with Gasteiger partial charge in [-0.2, -0.15) is 5.10 Å². The Balaban J connectivity index is 0.934. The van der Waals surface area contributed by atoms with Crippen molar-refractivity contribution in [2.45, 2.75) is 87.6 Å². The summed E-state index contributed by atoms with van der Waals surface area (Å²) in [6.07, 6.45) is 8.98. The number of para-hydroxylation sites is 2. The Labute approximate surface area is 306 Å². The number of carbonyl (C=O) groups is 2. The average molecular weight is 727 g/mol. The van der Waals surface area contributed by atoms with Gasteiger partial charge in [-0.1, -0.05) is 30.7 Å². The minimum atomic E-state index is -2.96. The summed E-state index contributed by atoms with van der Waals surface area (Å²) in [4.78, 5) is 28.6. The number of hydrogen-bond acceptors (Lipinski definition) is 10. The number of imide groups is 1. The molecular formula is C39H44F2N8O4. The number of nitrogens with two attached hydrogens (primary N) is 1. The third-order valence-corrected chi connectivity index (χ3v) is 11.5. The highest BCUT2D eigenvalue weighted by Gasteiger charge is 2.47. The van der Waals surface area contributed by atoms with E-state index in [-0.39, 0.29) is 54.3 Å². The fourth-order valence-corrected chi connectivity index (χ4v) is 8.83. The molecule has 14 heteroatoms.